The number of halogens is 1. The Kier molecular flexibility index (Phi) is 4.95. The Morgan fingerprint density at radius 2 is 2.28 bits per heavy atom. The molecular weight excluding hydrogens is 253 g/mol. The number of nitrogens with zero attached hydrogens (tertiary/aromatic N) is 1. The van der Waals surface area contributed by atoms with E-state index in [2.05, 4.69) is 15.6 Å². The van der Waals surface area contributed by atoms with Gasteiger partial charge in [-0.25, -0.2) is 9.37 Å². The van der Waals surface area contributed by atoms with E-state index in [0.717, 1.165) is 32.1 Å². The van der Waals surface area contributed by atoms with Gasteiger partial charge < -0.3 is 10.6 Å². The highest BCUT2D eigenvalue weighted by atomic mass is 32.2. The summed E-state index contributed by atoms with van der Waals surface area (Å²) in [5, 5.41) is 6.50. The first-order valence-electron chi connectivity index (χ1n) is 5.98. The number of carbonyl (C=O) groups excluding carboxylic acids is 1. The predicted molar refractivity (Wildman–Crippen MR) is 71.2 cm³/mol. The maximum atomic E-state index is 12.6. The second-order valence-electron chi connectivity index (χ2n) is 4.17. The second kappa shape index (κ2) is 6.70. The monoisotopic (exact) mass is 269 g/mol. The summed E-state index contributed by atoms with van der Waals surface area (Å²) in [6.45, 7) is 2.05. The Labute approximate surface area is 110 Å². The predicted octanol–water partition coefficient (Wildman–Crippen LogP) is 1.64. The van der Waals surface area contributed by atoms with Crippen LogP contribution >= 0.6 is 11.8 Å². The number of nitrogens with one attached hydrogen (secondary N) is 2. The molecule has 0 saturated carbocycles. The molecular formula is C12H16FN3OS. The van der Waals surface area contributed by atoms with Crippen molar-refractivity contribution in [3.8, 4) is 0 Å². The van der Waals surface area contributed by atoms with Gasteiger partial charge in [0.1, 0.15) is 11.6 Å². The molecule has 1 fully saturated rings. The number of hydrogen-bond donors (Lipinski definition) is 2. The standard InChI is InChI=1S/C12H16FN3OS/c13-9-1-2-11(15-7-9)16-12(17)8-18-10-3-5-14-6-4-10/h1-2,7,10,14H,3-6,8H2,(H,15,16,17). The molecule has 0 aromatic carbocycles. The van der Waals surface area contributed by atoms with Crippen molar-refractivity contribution < 1.29 is 9.18 Å². The van der Waals surface area contributed by atoms with E-state index in [1.165, 1.54) is 12.1 Å². The molecule has 2 N–H and O–H groups in total. The van der Waals surface area contributed by atoms with Crippen LogP contribution in [0.15, 0.2) is 18.3 Å². The van der Waals surface area contributed by atoms with E-state index in [9.17, 15) is 9.18 Å². The molecule has 0 bridgehead atoms. The molecule has 0 atom stereocenters. The van der Waals surface area contributed by atoms with Gasteiger partial charge >= 0.3 is 0 Å². The first-order valence-corrected chi connectivity index (χ1v) is 7.02. The number of hydrogen-bond acceptors (Lipinski definition) is 4. The Morgan fingerprint density at radius 1 is 1.50 bits per heavy atom. The molecule has 6 heteroatoms. The molecule has 98 valence electrons. The van der Waals surface area contributed by atoms with E-state index >= 15 is 0 Å². The average molecular weight is 269 g/mol. The van der Waals surface area contributed by atoms with Crippen LogP contribution in [0.4, 0.5) is 10.2 Å². The normalized spacial score (nSPS) is 16.5. The molecule has 2 heterocycles. The molecule has 1 aromatic heterocycles. The summed E-state index contributed by atoms with van der Waals surface area (Å²) < 4.78 is 12.6. The Bertz CT molecular complexity index is 393. The summed E-state index contributed by atoms with van der Waals surface area (Å²) in [5.74, 6) is 0.325. The molecule has 1 aromatic rings. The van der Waals surface area contributed by atoms with Gasteiger partial charge in [0.15, 0.2) is 0 Å². The first kappa shape index (κ1) is 13.3. The van der Waals surface area contributed by atoms with Gasteiger partial charge in [0.05, 0.1) is 11.9 Å². The lowest BCUT2D eigenvalue weighted by molar-refractivity contribution is -0.113. The number of carbonyl (C=O) groups is 1. The summed E-state index contributed by atoms with van der Waals surface area (Å²) in [6, 6.07) is 2.74. The lowest BCUT2D eigenvalue weighted by Crippen LogP contribution is -2.30. The van der Waals surface area contributed by atoms with Gasteiger partial charge in [0.2, 0.25) is 5.91 Å². The number of aromatic nitrogens is 1. The lowest BCUT2D eigenvalue weighted by Gasteiger charge is -2.21. The van der Waals surface area contributed by atoms with Crippen molar-refractivity contribution in [1.29, 1.82) is 0 Å². The molecule has 0 unspecified atom stereocenters. The van der Waals surface area contributed by atoms with Gasteiger partial charge in [-0.2, -0.15) is 0 Å². The minimum absolute atomic E-state index is 0.0855. The van der Waals surface area contributed by atoms with Crippen LogP contribution in [0, 0.1) is 5.82 Å². The topological polar surface area (TPSA) is 54.0 Å². The molecule has 0 radical (unpaired) electrons. The average Bonchev–Trinajstić information content (AvgIpc) is 2.40. The van der Waals surface area contributed by atoms with Crippen molar-refractivity contribution in [2.24, 2.45) is 0 Å². The van der Waals surface area contributed by atoms with Crippen molar-refractivity contribution in [2.45, 2.75) is 18.1 Å². The van der Waals surface area contributed by atoms with E-state index in [4.69, 9.17) is 0 Å². The lowest BCUT2D eigenvalue weighted by atomic mass is 10.2. The van der Waals surface area contributed by atoms with E-state index in [0.29, 0.717) is 16.8 Å². The molecule has 18 heavy (non-hydrogen) atoms. The molecule has 1 aliphatic rings. The number of anilines is 1. The first-order chi connectivity index (χ1) is 8.74. The molecule has 0 aliphatic carbocycles. The van der Waals surface area contributed by atoms with Crippen LogP contribution in [0.5, 0.6) is 0 Å². The highest BCUT2D eigenvalue weighted by Crippen LogP contribution is 2.20. The van der Waals surface area contributed by atoms with Crippen LogP contribution in [0.2, 0.25) is 0 Å². The third-order valence-corrected chi connectivity index (χ3v) is 4.10. The zero-order valence-electron chi connectivity index (χ0n) is 9.99. The van der Waals surface area contributed by atoms with Gasteiger partial charge in [-0.05, 0) is 38.1 Å². The van der Waals surface area contributed by atoms with Gasteiger partial charge in [-0.1, -0.05) is 0 Å². The largest absolute Gasteiger partial charge is 0.317 e. The van der Waals surface area contributed by atoms with Gasteiger partial charge in [-0.3, -0.25) is 4.79 Å². The van der Waals surface area contributed by atoms with Crippen LogP contribution in [-0.2, 0) is 4.79 Å². The van der Waals surface area contributed by atoms with E-state index in [-0.39, 0.29) is 5.91 Å². The second-order valence-corrected chi connectivity index (χ2v) is 5.46. The highest BCUT2D eigenvalue weighted by molar-refractivity contribution is 8.00. The van der Waals surface area contributed by atoms with E-state index in [1.54, 1.807) is 11.8 Å². The van der Waals surface area contributed by atoms with Gasteiger partial charge in [0.25, 0.3) is 0 Å². The number of piperidine rings is 1. The highest BCUT2D eigenvalue weighted by Gasteiger charge is 2.15. The van der Waals surface area contributed by atoms with Gasteiger partial charge in [-0.15, -0.1) is 11.8 Å². The smallest absolute Gasteiger partial charge is 0.235 e. The molecule has 0 spiro atoms. The maximum absolute atomic E-state index is 12.6. The van der Waals surface area contributed by atoms with Crippen molar-refractivity contribution in [1.82, 2.24) is 10.3 Å². The minimum Gasteiger partial charge on any atom is -0.317 e. The zero-order chi connectivity index (χ0) is 12.8. The number of pyridine rings is 1. The molecule has 1 saturated heterocycles. The van der Waals surface area contributed by atoms with Crippen molar-refractivity contribution in [3.05, 3.63) is 24.1 Å². The fraction of sp³-hybridized carbons (Fsp3) is 0.500. The van der Waals surface area contributed by atoms with Crippen molar-refractivity contribution in [2.75, 3.05) is 24.2 Å². The molecule has 1 aliphatic heterocycles. The van der Waals surface area contributed by atoms with Crippen LogP contribution in [0.3, 0.4) is 0 Å². The third kappa shape index (κ3) is 4.27. The third-order valence-electron chi connectivity index (χ3n) is 2.73. The SMILES string of the molecule is O=C(CSC1CCNCC1)Nc1ccc(F)cn1. The molecule has 1 amide bonds. The zero-order valence-corrected chi connectivity index (χ0v) is 10.8. The Hall–Kier alpha value is -1.14. The summed E-state index contributed by atoms with van der Waals surface area (Å²) in [5.41, 5.74) is 0. The quantitative estimate of drug-likeness (QED) is 0.872. The maximum Gasteiger partial charge on any atom is 0.235 e. The minimum atomic E-state index is -0.405. The molecule has 4 nitrogen and oxygen atoms in total. The van der Waals surface area contributed by atoms with E-state index < -0.39 is 5.82 Å². The van der Waals surface area contributed by atoms with Crippen LogP contribution in [-0.4, -0.2) is 35.0 Å². The van der Waals surface area contributed by atoms with Gasteiger partial charge in [0, 0.05) is 5.25 Å². The Morgan fingerprint density at radius 3 is 2.94 bits per heavy atom. The summed E-state index contributed by atoms with van der Waals surface area (Å²) in [4.78, 5) is 15.4. The number of rotatable bonds is 4. The number of thioether (sulfide) groups is 1. The van der Waals surface area contributed by atoms with Crippen LogP contribution in [0.1, 0.15) is 12.8 Å². The fourth-order valence-electron chi connectivity index (χ4n) is 1.78. The summed E-state index contributed by atoms with van der Waals surface area (Å²) in [7, 11) is 0. The number of amides is 1. The summed E-state index contributed by atoms with van der Waals surface area (Å²) >= 11 is 1.67. The van der Waals surface area contributed by atoms with Crippen molar-refractivity contribution in [3.63, 3.8) is 0 Å². The van der Waals surface area contributed by atoms with E-state index in [1.807, 2.05) is 0 Å². The molecule has 2 rings (SSSR count). The van der Waals surface area contributed by atoms with Crippen LogP contribution < -0.4 is 10.6 Å². The van der Waals surface area contributed by atoms with Crippen LogP contribution in [0.25, 0.3) is 0 Å². The Balaban J connectivity index is 1.73. The fourth-order valence-corrected chi connectivity index (χ4v) is 2.81. The summed E-state index contributed by atoms with van der Waals surface area (Å²) in [6.07, 6.45) is 3.30. The van der Waals surface area contributed by atoms with Crippen molar-refractivity contribution >= 4 is 23.5 Å².